The first kappa shape index (κ1) is 37.2. The third kappa shape index (κ3) is 12.4. The van der Waals surface area contributed by atoms with Crippen LogP contribution in [0.2, 0.25) is 0 Å². The van der Waals surface area contributed by atoms with Gasteiger partial charge in [-0.3, -0.25) is 0 Å². The van der Waals surface area contributed by atoms with Crippen molar-refractivity contribution in [2.45, 2.75) is 51.6 Å². The smallest absolute Gasteiger partial charge is 0.201 e. The van der Waals surface area contributed by atoms with E-state index in [1.54, 1.807) is 0 Å². The number of unbranched alkanes of at least 4 members (excludes halogenated alkanes) is 1. The van der Waals surface area contributed by atoms with E-state index in [0.717, 1.165) is 60.8 Å². The predicted molar refractivity (Wildman–Crippen MR) is 191 cm³/mol. The van der Waals surface area contributed by atoms with Gasteiger partial charge in [-0.05, 0) is 73.3 Å². The van der Waals surface area contributed by atoms with Crippen LogP contribution in [0.3, 0.4) is 0 Å². The molecular weight excluding hydrogens is 608 g/mol. The van der Waals surface area contributed by atoms with Crippen LogP contribution in [-0.2, 0) is 14.9 Å². The minimum atomic E-state index is -0.606. The van der Waals surface area contributed by atoms with E-state index in [9.17, 15) is 5.11 Å². The Balaban J connectivity index is 1.10. The van der Waals surface area contributed by atoms with Crippen molar-refractivity contribution in [1.82, 2.24) is 15.3 Å². The van der Waals surface area contributed by atoms with Gasteiger partial charge in [0.25, 0.3) is 0 Å². The summed E-state index contributed by atoms with van der Waals surface area (Å²) in [5.41, 5.74) is 4.13. The van der Waals surface area contributed by atoms with Crippen molar-refractivity contribution in [3.05, 3.63) is 83.9 Å². The van der Waals surface area contributed by atoms with Crippen LogP contribution in [0.15, 0.2) is 72.8 Å². The summed E-state index contributed by atoms with van der Waals surface area (Å²) in [6.45, 7) is 12.0. The summed E-state index contributed by atoms with van der Waals surface area (Å²) in [6, 6.07) is 24.4. The summed E-state index contributed by atoms with van der Waals surface area (Å²) in [5, 5.41) is 25.7. The van der Waals surface area contributed by atoms with Crippen molar-refractivity contribution in [3.8, 4) is 11.5 Å². The molecular formula is C38H54N4O6. The summed E-state index contributed by atoms with van der Waals surface area (Å²) in [4.78, 5) is 7.87. The number of rotatable bonds is 24. The lowest BCUT2D eigenvalue weighted by atomic mass is 9.78. The number of aromatic nitrogens is 2. The summed E-state index contributed by atoms with van der Waals surface area (Å²) >= 11 is 0. The van der Waals surface area contributed by atoms with E-state index in [1.165, 1.54) is 11.1 Å². The molecule has 1 aromatic heterocycles. The van der Waals surface area contributed by atoms with Crippen molar-refractivity contribution < 1.29 is 29.2 Å². The van der Waals surface area contributed by atoms with Crippen LogP contribution in [0.25, 0.3) is 11.0 Å². The number of fused-ring (bicyclic) bond motifs is 1. The van der Waals surface area contributed by atoms with Gasteiger partial charge in [0.2, 0.25) is 5.95 Å². The summed E-state index contributed by atoms with van der Waals surface area (Å²) in [5.74, 6) is 2.65. The number of ether oxygens (including phenoxy) is 4. The molecule has 0 saturated heterocycles. The zero-order valence-corrected chi connectivity index (χ0v) is 28.7. The van der Waals surface area contributed by atoms with E-state index in [0.29, 0.717) is 45.5 Å². The van der Waals surface area contributed by atoms with Crippen LogP contribution in [0.4, 0.5) is 5.95 Å². The first-order valence-electron chi connectivity index (χ1n) is 17.2. The fraction of sp³-hybridized carbons (Fsp3) is 0.500. The predicted octanol–water partition coefficient (Wildman–Crippen LogP) is 5.54. The quantitative estimate of drug-likeness (QED) is 0.0614. The van der Waals surface area contributed by atoms with Crippen LogP contribution in [0.5, 0.6) is 11.5 Å². The number of nitrogens with one attached hydrogen (secondary N) is 3. The van der Waals surface area contributed by atoms with Crippen LogP contribution in [0.1, 0.15) is 51.2 Å². The lowest BCUT2D eigenvalue weighted by Gasteiger charge is -2.26. The highest BCUT2D eigenvalue weighted by atomic mass is 16.5. The molecule has 0 saturated carbocycles. The highest BCUT2D eigenvalue weighted by molar-refractivity contribution is 5.77. The lowest BCUT2D eigenvalue weighted by Crippen LogP contribution is -2.32. The maximum Gasteiger partial charge on any atom is 0.201 e. The molecule has 1 heterocycles. The van der Waals surface area contributed by atoms with E-state index in [2.05, 4.69) is 65.6 Å². The van der Waals surface area contributed by atoms with Gasteiger partial charge in [0.05, 0.1) is 30.9 Å². The maximum atomic E-state index is 10.3. The Morgan fingerprint density at radius 2 is 1.40 bits per heavy atom. The molecule has 3 aromatic carbocycles. The lowest BCUT2D eigenvalue weighted by molar-refractivity contribution is 0.0441. The Morgan fingerprint density at radius 3 is 2.04 bits per heavy atom. The molecule has 10 heteroatoms. The molecule has 5 N–H and O–H groups in total. The Morgan fingerprint density at radius 1 is 0.771 bits per heavy atom. The number of imidazole rings is 1. The molecule has 0 aliphatic heterocycles. The van der Waals surface area contributed by atoms with Crippen LogP contribution >= 0.6 is 0 Å². The number of aliphatic hydroxyl groups is 2. The van der Waals surface area contributed by atoms with Gasteiger partial charge in [0.1, 0.15) is 24.2 Å². The molecule has 0 radical (unpaired) electrons. The molecule has 0 aliphatic carbocycles. The standard InChI is InChI=1S/C38H54N4O6/c1-29(25-40-37-41-35-9-4-5-10-36(35)42-37)27-47-33-15-11-30(12-16-33)38(2,3)31-13-17-34(18-14-31)48-28-32(44)26-39-19-8-22-46-24-23-45-21-7-6-20-43/h4-5,9-18,29,32,39,43-44H,6-8,19-28H2,1-3H3,(H2,40,41,42). The van der Waals surface area contributed by atoms with E-state index >= 15 is 0 Å². The van der Waals surface area contributed by atoms with Crippen LogP contribution < -0.4 is 20.1 Å². The van der Waals surface area contributed by atoms with Gasteiger partial charge < -0.3 is 44.8 Å². The average Bonchev–Trinajstić information content (AvgIpc) is 3.53. The van der Waals surface area contributed by atoms with Gasteiger partial charge in [0, 0.05) is 44.2 Å². The number of aliphatic hydroxyl groups excluding tert-OH is 2. The zero-order valence-electron chi connectivity index (χ0n) is 28.7. The Kier molecular flexibility index (Phi) is 15.5. The molecule has 4 rings (SSSR count). The minimum Gasteiger partial charge on any atom is -0.493 e. The van der Waals surface area contributed by atoms with Gasteiger partial charge in [-0.25, -0.2) is 4.98 Å². The Labute approximate surface area is 285 Å². The molecule has 0 spiro atoms. The Bertz CT molecular complexity index is 1410. The van der Waals surface area contributed by atoms with Gasteiger partial charge >= 0.3 is 0 Å². The largest absolute Gasteiger partial charge is 0.493 e. The summed E-state index contributed by atoms with van der Waals surface area (Å²) < 4.78 is 22.9. The second kappa shape index (κ2) is 20.0. The second-order valence-corrected chi connectivity index (χ2v) is 12.8. The average molecular weight is 663 g/mol. The number of nitrogens with zero attached hydrogens (tertiary/aromatic N) is 1. The SMILES string of the molecule is CC(CNc1nc2ccccc2[nH]1)COc1ccc(C(C)(C)c2ccc(OCC(O)CNCCCOCCOCCCCO)cc2)cc1. The van der Waals surface area contributed by atoms with Crippen molar-refractivity contribution in [2.24, 2.45) is 5.92 Å². The highest BCUT2D eigenvalue weighted by Crippen LogP contribution is 2.33. The van der Waals surface area contributed by atoms with E-state index in [-0.39, 0.29) is 18.6 Å². The first-order chi connectivity index (χ1) is 23.3. The monoisotopic (exact) mass is 662 g/mol. The maximum absolute atomic E-state index is 10.3. The molecule has 0 amide bonds. The van der Waals surface area contributed by atoms with Gasteiger partial charge in [-0.1, -0.05) is 57.2 Å². The molecule has 2 atom stereocenters. The van der Waals surface area contributed by atoms with Crippen LogP contribution in [0, 0.1) is 5.92 Å². The molecule has 0 fully saturated rings. The summed E-state index contributed by atoms with van der Waals surface area (Å²) in [7, 11) is 0. The number of anilines is 1. The molecule has 10 nitrogen and oxygen atoms in total. The molecule has 262 valence electrons. The first-order valence-corrected chi connectivity index (χ1v) is 17.2. The fourth-order valence-electron chi connectivity index (χ4n) is 5.16. The number of benzene rings is 3. The Hall–Kier alpha value is -3.67. The number of para-hydroxylation sites is 2. The summed E-state index contributed by atoms with van der Waals surface area (Å²) in [6.07, 6.45) is 1.89. The van der Waals surface area contributed by atoms with Crippen LogP contribution in [-0.4, -0.2) is 92.2 Å². The molecule has 2 unspecified atom stereocenters. The molecule has 0 bridgehead atoms. The van der Waals surface area contributed by atoms with Crippen molar-refractivity contribution in [1.29, 1.82) is 0 Å². The van der Waals surface area contributed by atoms with E-state index in [1.807, 2.05) is 48.5 Å². The van der Waals surface area contributed by atoms with Crippen molar-refractivity contribution in [3.63, 3.8) is 0 Å². The zero-order chi connectivity index (χ0) is 34.0. The third-order valence-corrected chi connectivity index (χ3v) is 8.23. The molecule has 4 aromatic rings. The van der Waals surface area contributed by atoms with Gasteiger partial charge in [-0.15, -0.1) is 0 Å². The highest BCUT2D eigenvalue weighted by Gasteiger charge is 2.23. The second-order valence-electron chi connectivity index (χ2n) is 12.8. The van der Waals surface area contributed by atoms with E-state index < -0.39 is 6.10 Å². The fourth-order valence-corrected chi connectivity index (χ4v) is 5.16. The molecule has 0 aliphatic rings. The number of hydrogen-bond donors (Lipinski definition) is 5. The van der Waals surface area contributed by atoms with Crippen molar-refractivity contribution in [2.75, 3.05) is 71.2 Å². The third-order valence-electron chi connectivity index (χ3n) is 8.23. The number of aromatic amines is 1. The number of H-pyrrole nitrogens is 1. The molecule has 48 heavy (non-hydrogen) atoms. The normalized spacial score (nSPS) is 13.0. The topological polar surface area (TPSA) is 130 Å². The van der Waals surface area contributed by atoms with Gasteiger partial charge in [0.15, 0.2) is 0 Å². The van der Waals surface area contributed by atoms with E-state index in [4.69, 9.17) is 24.1 Å². The van der Waals surface area contributed by atoms with Crippen molar-refractivity contribution >= 4 is 17.0 Å². The van der Waals surface area contributed by atoms with Gasteiger partial charge in [-0.2, -0.15) is 0 Å². The number of hydrogen-bond acceptors (Lipinski definition) is 9. The minimum absolute atomic E-state index is 0.207.